The fourth-order valence-electron chi connectivity index (χ4n) is 1.59. The van der Waals surface area contributed by atoms with E-state index in [4.69, 9.17) is 5.73 Å². The van der Waals surface area contributed by atoms with Crippen molar-refractivity contribution in [2.24, 2.45) is 0 Å². The molecule has 0 radical (unpaired) electrons. The zero-order valence-corrected chi connectivity index (χ0v) is 9.32. The van der Waals surface area contributed by atoms with Gasteiger partial charge in [0.2, 0.25) is 0 Å². The summed E-state index contributed by atoms with van der Waals surface area (Å²) < 4.78 is 1.34. The number of hydrogen-bond donors (Lipinski definition) is 2. The molecule has 0 saturated heterocycles. The topological polar surface area (TPSA) is 76.7 Å². The van der Waals surface area contributed by atoms with Crippen LogP contribution < -0.4 is 5.73 Å². The molecule has 0 bridgehead atoms. The molecule has 5 heteroatoms. The quantitative estimate of drug-likeness (QED) is 0.797. The first-order valence-electron chi connectivity index (χ1n) is 5.05. The van der Waals surface area contributed by atoms with E-state index in [1.54, 1.807) is 6.92 Å². The van der Waals surface area contributed by atoms with Crippen molar-refractivity contribution in [3.8, 4) is 0 Å². The summed E-state index contributed by atoms with van der Waals surface area (Å²) in [6, 6.07) is 1.94. The SMILES string of the molecule is Cc1cc(CC(=O)n2ncc(N)c2C)c[nH]1. The summed E-state index contributed by atoms with van der Waals surface area (Å²) in [5.74, 6) is -0.0757. The van der Waals surface area contributed by atoms with Gasteiger partial charge in [-0.2, -0.15) is 5.10 Å². The van der Waals surface area contributed by atoms with Gasteiger partial charge in [-0.1, -0.05) is 0 Å². The third-order valence-corrected chi connectivity index (χ3v) is 2.53. The zero-order chi connectivity index (χ0) is 11.7. The first-order valence-corrected chi connectivity index (χ1v) is 5.05. The molecule has 0 aliphatic carbocycles. The fourth-order valence-corrected chi connectivity index (χ4v) is 1.59. The van der Waals surface area contributed by atoms with Crippen LogP contribution in [0.2, 0.25) is 0 Å². The van der Waals surface area contributed by atoms with Crippen LogP contribution >= 0.6 is 0 Å². The Morgan fingerprint density at radius 3 is 2.81 bits per heavy atom. The van der Waals surface area contributed by atoms with E-state index in [-0.39, 0.29) is 5.91 Å². The molecular formula is C11H14N4O. The van der Waals surface area contributed by atoms with Crippen molar-refractivity contribution in [2.45, 2.75) is 20.3 Å². The van der Waals surface area contributed by atoms with Gasteiger partial charge in [-0.05, 0) is 25.5 Å². The Hall–Kier alpha value is -2.04. The van der Waals surface area contributed by atoms with Gasteiger partial charge < -0.3 is 10.7 Å². The van der Waals surface area contributed by atoms with Gasteiger partial charge in [0.1, 0.15) is 0 Å². The normalized spacial score (nSPS) is 10.6. The Bertz CT molecular complexity index is 524. The molecular weight excluding hydrogens is 204 g/mol. The molecule has 0 saturated carbocycles. The summed E-state index contributed by atoms with van der Waals surface area (Å²) in [7, 11) is 0. The van der Waals surface area contributed by atoms with Gasteiger partial charge in [0.15, 0.2) is 0 Å². The number of anilines is 1. The zero-order valence-electron chi connectivity index (χ0n) is 9.32. The minimum atomic E-state index is -0.0757. The maximum Gasteiger partial charge on any atom is 0.251 e. The molecule has 2 aromatic heterocycles. The van der Waals surface area contributed by atoms with Crippen LogP contribution in [-0.4, -0.2) is 20.7 Å². The van der Waals surface area contributed by atoms with Gasteiger partial charge in [-0.15, -0.1) is 0 Å². The summed E-state index contributed by atoms with van der Waals surface area (Å²) in [6.07, 6.45) is 3.65. The van der Waals surface area contributed by atoms with Crippen LogP contribution in [0.25, 0.3) is 0 Å². The number of carbonyl (C=O) groups excluding carboxylic acids is 1. The number of hydrogen-bond acceptors (Lipinski definition) is 3. The maximum atomic E-state index is 11.9. The highest BCUT2D eigenvalue weighted by atomic mass is 16.2. The molecule has 84 valence electrons. The summed E-state index contributed by atoms with van der Waals surface area (Å²) in [5, 5.41) is 3.95. The van der Waals surface area contributed by atoms with Crippen LogP contribution in [0, 0.1) is 13.8 Å². The lowest BCUT2D eigenvalue weighted by Crippen LogP contribution is -2.16. The lowest BCUT2D eigenvalue weighted by molar-refractivity contribution is 0.0896. The molecule has 0 fully saturated rings. The molecule has 2 rings (SSSR count). The van der Waals surface area contributed by atoms with Crippen LogP contribution in [0.15, 0.2) is 18.5 Å². The van der Waals surface area contributed by atoms with Gasteiger partial charge in [0.25, 0.3) is 5.91 Å². The number of nitrogens with two attached hydrogens (primary N) is 1. The number of aromatic nitrogens is 3. The third-order valence-electron chi connectivity index (χ3n) is 2.53. The van der Waals surface area contributed by atoms with Crippen molar-refractivity contribution in [2.75, 3.05) is 5.73 Å². The predicted molar refractivity (Wildman–Crippen MR) is 61.2 cm³/mol. The van der Waals surface area contributed by atoms with Crippen LogP contribution in [0.4, 0.5) is 5.69 Å². The predicted octanol–water partition coefficient (Wildman–Crippen LogP) is 1.29. The molecule has 0 unspecified atom stereocenters. The van der Waals surface area contributed by atoms with E-state index in [1.807, 2.05) is 19.2 Å². The van der Waals surface area contributed by atoms with E-state index in [1.165, 1.54) is 10.9 Å². The largest absolute Gasteiger partial charge is 0.396 e. The number of H-pyrrole nitrogens is 1. The average molecular weight is 218 g/mol. The van der Waals surface area contributed by atoms with Gasteiger partial charge in [0, 0.05) is 11.9 Å². The lowest BCUT2D eigenvalue weighted by Gasteiger charge is -2.01. The number of rotatable bonds is 2. The molecule has 0 aliphatic heterocycles. The highest BCUT2D eigenvalue weighted by molar-refractivity contribution is 5.82. The number of nitrogens with zero attached hydrogens (tertiary/aromatic N) is 2. The van der Waals surface area contributed by atoms with Crippen molar-refractivity contribution >= 4 is 11.6 Å². The Kier molecular flexibility index (Phi) is 2.52. The molecule has 0 aliphatic rings. The Balaban J connectivity index is 2.18. The van der Waals surface area contributed by atoms with Crippen molar-refractivity contribution < 1.29 is 4.79 Å². The standard InChI is InChI=1S/C11H14N4O/c1-7-3-9(5-13-7)4-11(16)15-8(2)10(12)6-14-15/h3,5-6,13H,4,12H2,1-2H3. The number of aryl methyl sites for hydroxylation is 1. The monoisotopic (exact) mass is 218 g/mol. The molecule has 16 heavy (non-hydrogen) atoms. The molecule has 5 nitrogen and oxygen atoms in total. The summed E-state index contributed by atoms with van der Waals surface area (Å²) in [5.41, 5.74) is 8.86. The van der Waals surface area contributed by atoms with E-state index in [0.29, 0.717) is 17.8 Å². The van der Waals surface area contributed by atoms with Crippen molar-refractivity contribution in [1.82, 2.24) is 14.8 Å². The third kappa shape index (κ3) is 1.84. The second-order valence-electron chi connectivity index (χ2n) is 3.86. The number of carbonyl (C=O) groups is 1. The van der Waals surface area contributed by atoms with Crippen molar-refractivity contribution in [3.05, 3.63) is 35.4 Å². The molecule has 0 aromatic carbocycles. The van der Waals surface area contributed by atoms with Gasteiger partial charge in [-0.3, -0.25) is 4.79 Å². The number of nitrogens with one attached hydrogen (secondary N) is 1. The van der Waals surface area contributed by atoms with Crippen LogP contribution in [-0.2, 0) is 6.42 Å². The minimum absolute atomic E-state index is 0.0757. The number of aromatic amines is 1. The maximum absolute atomic E-state index is 11.9. The van der Waals surface area contributed by atoms with E-state index in [9.17, 15) is 4.79 Å². The van der Waals surface area contributed by atoms with Crippen LogP contribution in [0.3, 0.4) is 0 Å². The van der Waals surface area contributed by atoms with Crippen LogP contribution in [0.5, 0.6) is 0 Å². The molecule has 0 atom stereocenters. The molecule has 2 heterocycles. The molecule has 0 spiro atoms. The first-order chi connectivity index (χ1) is 7.58. The Morgan fingerprint density at radius 2 is 2.31 bits per heavy atom. The lowest BCUT2D eigenvalue weighted by atomic mass is 10.2. The highest BCUT2D eigenvalue weighted by Gasteiger charge is 2.12. The van der Waals surface area contributed by atoms with E-state index >= 15 is 0 Å². The van der Waals surface area contributed by atoms with E-state index < -0.39 is 0 Å². The number of nitrogen functional groups attached to an aromatic ring is 1. The smallest absolute Gasteiger partial charge is 0.251 e. The molecule has 2 aromatic rings. The Labute approximate surface area is 93.3 Å². The molecule has 3 N–H and O–H groups in total. The van der Waals surface area contributed by atoms with Gasteiger partial charge in [-0.25, -0.2) is 4.68 Å². The van der Waals surface area contributed by atoms with Gasteiger partial charge in [0.05, 0.1) is 24.0 Å². The second-order valence-corrected chi connectivity index (χ2v) is 3.86. The summed E-state index contributed by atoms with van der Waals surface area (Å²) in [4.78, 5) is 14.9. The first kappa shape index (κ1) is 10.5. The summed E-state index contributed by atoms with van der Waals surface area (Å²) in [6.45, 7) is 3.73. The fraction of sp³-hybridized carbons (Fsp3) is 0.273. The Morgan fingerprint density at radius 1 is 1.56 bits per heavy atom. The van der Waals surface area contributed by atoms with E-state index in [0.717, 1.165) is 11.3 Å². The average Bonchev–Trinajstić information content (AvgIpc) is 2.76. The second kappa shape index (κ2) is 3.84. The van der Waals surface area contributed by atoms with Gasteiger partial charge >= 0.3 is 0 Å². The molecule has 0 amide bonds. The minimum Gasteiger partial charge on any atom is -0.396 e. The van der Waals surface area contributed by atoms with Crippen LogP contribution in [0.1, 0.15) is 21.7 Å². The highest BCUT2D eigenvalue weighted by Crippen LogP contribution is 2.10. The van der Waals surface area contributed by atoms with Crippen molar-refractivity contribution in [3.63, 3.8) is 0 Å². The van der Waals surface area contributed by atoms with Crippen molar-refractivity contribution in [1.29, 1.82) is 0 Å². The van der Waals surface area contributed by atoms with E-state index in [2.05, 4.69) is 10.1 Å². The summed E-state index contributed by atoms with van der Waals surface area (Å²) >= 11 is 0.